The first-order valence-corrected chi connectivity index (χ1v) is 7.31. The molecule has 0 spiro atoms. The molecule has 2 aromatic rings. The van der Waals surface area contributed by atoms with Gasteiger partial charge in [0.2, 0.25) is 0 Å². The van der Waals surface area contributed by atoms with E-state index in [2.05, 4.69) is 22.1 Å². The van der Waals surface area contributed by atoms with E-state index in [0.29, 0.717) is 5.84 Å². The summed E-state index contributed by atoms with van der Waals surface area (Å²) < 4.78 is 7.80. The number of rotatable bonds is 2. The lowest BCUT2D eigenvalue weighted by Crippen LogP contribution is -2.26. The van der Waals surface area contributed by atoms with Crippen molar-refractivity contribution in [2.45, 2.75) is 25.6 Å². The van der Waals surface area contributed by atoms with Crippen molar-refractivity contribution < 1.29 is 9.84 Å². The summed E-state index contributed by atoms with van der Waals surface area (Å²) in [5.41, 5.74) is 8.65. The first kappa shape index (κ1) is 13.5. The van der Waals surface area contributed by atoms with E-state index in [9.17, 15) is 5.11 Å². The Balaban J connectivity index is 1.90. The van der Waals surface area contributed by atoms with Gasteiger partial charge in [-0.25, -0.2) is 14.5 Å². The normalized spacial score (nSPS) is 27.5. The Hall–Kier alpha value is -2.19. The molecule has 0 bridgehead atoms. The number of aliphatic hydroxyl groups is 1. The lowest BCUT2D eigenvalue weighted by molar-refractivity contribution is 0.00256. The minimum absolute atomic E-state index is 0.0313. The Morgan fingerprint density at radius 2 is 2.32 bits per heavy atom. The maximum atomic E-state index is 9.34. The van der Waals surface area contributed by atoms with E-state index in [1.54, 1.807) is 12.1 Å². The van der Waals surface area contributed by atoms with Gasteiger partial charge in [-0.15, -0.1) is 0 Å². The smallest absolute Gasteiger partial charge is 0.177 e. The molecule has 4 rings (SSSR count). The van der Waals surface area contributed by atoms with Gasteiger partial charge >= 0.3 is 0 Å². The summed E-state index contributed by atoms with van der Waals surface area (Å²) >= 11 is 0. The highest BCUT2D eigenvalue weighted by atomic mass is 16.5. The fraction of sp³-hybridized carbons (Fsp3) is 0.500. The number of nitrogens with zero attached hydrogens (tertiary/aromatic N) is 5. The maximum absolute atomic E-state index is 9.34. The van der Waals surface area contributed by atoms with E-state index in [-0.39, 0.29) is 24.7 Å². The number of amidine groups is 1. The Morgan fingerprint density at radius 1 is 1.50 bits per heavy atom. The van der Waals surface area contributed by atoms with Gasteiger partial charge in [-0.3, -0.25) is 0 Å². The minimum atomic E-state index is -0.130. The summed E-state index contributed by atoms with van der Waals surface area (Å²) in [6, 6.07) is 1.97. The Kier molecular flexibility index (Phi) is 2.85. The largest absolute Gasteiger partial charge is 0.394 e. The SMILES string of the molecule is C[C@H]1C[C@@H](CO)O[C@H]1c1cc2c3c(ncnn13)N(C)N=C2N. The zero-order chi connectivity index (χ0) is 15.4. The van der Waals surface area contributed by atoms with Gasteiger partial charge in [0.05, 0.1) is 18.4 Å². The lowest BCUT2D eigenvalue weighted by Gasteiger charge is -2.19. The molecule has 0 radical (unpaired) electrons. The van der Waals surface area contributed by atoms with Crippen molar-refractivity contribution in [3.05, 3.63) is 23.7 Å². The van der Waals surface area contributed by atoms with Crippen LogP contribution < -0.4 is 10.7 Å². The average Bonchev–Trinajstić information content (AvgIpc) is 3.06. The van der Waals surface area contributed by atoms with Crippen molar-refractivity contribution >= 4 is 17.2 Å². The third-order valence-corrected chi connectivity index (χ3v) is 4.39. The third kappa shape index (κ3) is 1.74. The summed E-state index contributed by atoms with van der Waals surface area (Å²) in [5, 5.41) is 19.6. The number of aromatic nitrogens is 3. The molecule has 0 aromatic carbocycles. The predicted molar refractivity (Wildman–Crippen MR) is 80.6 cm³/mol. The summed E-state index contributed by atoms with van der Waals surface area (Å²) in [5.74, 6) is 1.45. The number of aliphatic hydroxyl groups excluding tert-OH is 1. The number of hydrazone groups is 1. The molecule has 22 heavy (non-hydrogen) atoms. The van der Waals surface area contributed by atoms with Gasteiger partial charge in [0.15, 0.2) is 11.7 Å². The van der Waals surface area contributed by atoms with Crippen molar-refractivity contribution in [3.8, 4) is 0 Å². The summed E-state index contributed by atoms with van der Waals surface area (Å²) in [6.07, 6.45) is 2.07. The first-order valence-electron chi connectivity index (χ1n) is 7.31. The second-order valence-electron chi connectivity index (χ2n) is 5.91. The van der Waals surface area contributed by atoms with E-state index in [1.807, 2.05) is 10.6 Å². The average molecular weight is 302 g/mol. The van der Waals surface area contributed by atoms with Gasteiger partial charge in [0, 0.05) is 12.6 Å². The summed E-state index contributed by atoms with van der Waals surface area (Å²) in [4.78, 5) is 4.29. The van der Waals surface area contributed by atoms with Gasteiger partial charge < -0.3 is 15.6 Å². The zero-order valence-corrected chi connectivity index (χ0v) is 12.5. The molecular weight excluding hydrogens is 284 g/mol. The topological polar surface area (TPSA) is 101 Å². The van der Waals surface area contributed by atoms with Gasteiger partial charge in [0.25, 0.3) is 0 Å². The first-order chi connectivity index (χ1) is 10.6. The van der Waals surface area contributed by atoms with Crippen LogP contribution in [0.2, 0.25) is 0 Å². The standard InChI is InChI=1S/C14H18N6O2/c1-7-3-8(5-21)22-12(7)10-4-9-11-14(16-6-17-20(10)11)19(2)18-13(9)15/h4,6-8,12,21H,3,5H2,1-2H3,(H2,15,18)/t7-,8-,12+/m0/s1. The van der Waals surface area contributed by atoms with E-state index in [0.717, 1.165) is 29.0 Å². The monoisotopic (exact) mass is 302 g/mol. The van der Waals surface area contributed by atoms with Crippen LogP contribution >= 0.6 is 0 Å². The molecule has 3 atom stereocenters. The highest BCUT2D eigenvalue weighted by molar-refractivity contribution is 6.08. The van der Waals surface area contributed by atoms with Crippen LogP contribution in [0.15, 0.2) is 17.5 Å². The van der Waals surface area contributed by atoms with Gasteiger partial charge in [-0.05, 0) is 18.4 Å². The van der Waals surface area contributed by atoms with Crippen LogP contribution in [-0.2, 0) is 4.74 Å². The van der Waals surface area contributed by atoms with E-state index in [4.69, 9.17) is 10.5 Å². The molecule has 0 amide bonds. The van der Waals surface area contributed by atoms with Crippen LogP contribution in [0.4, 0.5) is 5.82 Å². The molecule has 0 unspecified atom stereocenters. The maximum Gasteiger partial charge on any atom is 0.177 e. The van der Waals surface area contributed by atoms with Gasteiger partial charge in [-0.2, -0.15) is 10.2 Å². The lowest BCUT2D eigenvalue weighted by atomic mass is 9.99. The van der Waals surface area contributed by atoms with Crippen LogP contribution in [0.1, 0.15) is 30.7 Å². The molecule has 2 aliphatic rings. The second-order valence-corrected chi connectivity index (χ2v) is 5.91. The molecule has 4 heterocycles. The molecule has 0 aliphatic carbocycles. The number of hydrogen-bond acceptors (Lipinski definition) is 7. The van der Waals surface area contributed by atoms with Crippen molar-refractivity contribution in [2.24, 2.45) is 16.8 Å². The highest BCUT2D eigenvalue weighted by Gasteiger charge is 2.36. The molecule has 2 aromatic heterocycles. The Labute approximate surface area is 127 Å². The van der Waals surface area contributed by atoms with Crippen LogP contribution in [0, 0.1) is 5.92 Å². The number of nitrogens with two attached hydrogens (primary N) is 1. The molecular formula is C14H18N6O2. The molecule has 116 valence electrons. The van der Waals surface area contributed by atoms with Crippen molar-refractivity contribution in [1.29, 1.82) is 0 Å². The van der Waals surface area contributed by atoms with Crippen LogP contribution in [0.3, 0.4) is 0 Å². The van der Waals surface area contributed by atoms with Crippen molar-refractivity contribution in [2.75, 3.05) is 18.7 Å². The van der Waals surface area contributed by atoms with Gasteiger partial charge in [-0.1, -0.05) is 6.92 Å². The van der Waals surface area contributed by atoms with Crippen LogP contribution in [-0.4, -0.2) is 45.3 Å². The third-order valence-electron chi connectivity index (χ3n) is 4.39. The fourth-order valence-corrected chi connectivity index (χ4v) is 3.37. The van der Waals surface area contributed by atoms with E-state index >= 15 is 0 Å². The molecule has 1 saturated heterocycles. The summed E-state index contributed by atoms with van der Waals surface area (Å²) in [6.45, 7) is 2.15. The quantitative estimate of drug-likeness (QED) is 0.825. The Bertz CT molecular complexity index is 770. The van der Waals surface area contributed by atoms with Crippen LogP contribution in [0.5, 0.6) is 0 Å². The van der Waals surface area contributed by atoms with Gasteiger partial charge in [0.1, 0.15) is 17.9 Å². The summed E-state index contributed by atoms with van der Waals surface area (Å²) in [7, 11) is 1.81. The molecule has 8 nitrogen and oxygen atoms in total. The minimum Gasteiger partial charge on any atom is -0.394 e. The molecule has 8 heteroatoms. The fourth-order valence-electron chi connectivity index (χ4n) is 3.37. The van der Waals surface area contributed by atoms with E-state index < -0.39 is 0 Å². The molecule has 0 saturated carbocycles. The molecule has 3 N–H and O–H groups in total. The number of hydrogen-bond donors (Lipinski definition) is 2. The highest BCUT2D eigenvalue weighted by Crippen LogP contribution is 2.40. The molecule has 1 fully saturated rings. The number of ether oxygens (including phenoxy) is 1. The van der Waals surface area contributed by atoms with E-state index in [1.165, 1.54) is 6.33 Å². The van der Waals surface area contributed by atoms with Crippen LogP contribution in [0.25, 0.3) is 5.52 Å². The number of anilines is 1. The predicted octanol–water partition coefficient (Wildman–Crippen LogP) is 0.258. The second kappa shape index (κ2) is 4.65. The van der Waals surface area contributed by atoms with Crippen molar-refractivity contribution in [1.82, 2.24) is 14.6 Å². The molecule has 2 aliphatic heterocycles. The van der Waals surface area contributed by atoms with Crippen molar-refractivity contribution in [3.63, 3.8) is 0 Å². The zero-order valence-electron chi connectivity index (χ0n) is 12.5. The Morgan fingerprint density at radius 3 is 3.05 bits per heavy atom.